The van der Waals surface area contributed by atoms with Crippen LogP contribution in [0.2, 0.25) is 0 Å². The first-order valence-corrected chi connectivity index (χ1v) is 14.1. The lowest BCUT2D eigenvalue weighted by Gasteiger charge is -2.35. The van der Waals surface area contributed by atoms with Gasteiger partial charge in [-0.1, -0.05) is 11.2 Å². The van der Waals surface area contributed by atoms with Crippen molar-refractivity contribution in [1.82, 2.24) is 24.7 Å². The molecule has 216 valence electrons. The van der Waals surface area contributed by atoms with Crippen molar-refractivity contribution >= 4 is 16.9 Å². The van der Waals surface area contributed by atoms with Crippen LogP contribution in [0.15, 0.2) is 57.8 Å². The van der Waals surface area contributed by atoms with Crippen LogP contribution in [0.25, 0.3) is 22.7 Å². The molecule has 1 spiro atoms. The van der Waals surface area contributed by atoms with Crippen LogP contribution < -0.4 is 20.1 Å². The second-order valence-electron chi connectivity index (χ2n) is 11.7. The number of hydrogen-bond acceptors (Lipinski definition) is 9. The van der Waals surface area contributed by atoms with E-state index in [0.717, 1.165) is 55.0 Å². The number of para-hydroxylation sites is 1. The lowest BCUT2D eigenvalue weighted by molar-refractivity contribution is -0.0705. The lowest BCUT2D eigenvalue weighted by atomic mass is 9.90. The number of nitrogens with one attached hydrogen (secondary N) is 1. The Hall–Kier alpha value is -5.18. The van der Waals surface area contributed by atoms with Gasteiger partial charge in [-0.05, 0) is 67.1 Å². The average Bonchev–Trinajstić information content (AvgIpc) is 3.28. The number of ether oxygens (including phenoxy) is 2. The number of aromatic nitrogens is 5. The summed E-state index contributed by atoms with van der Waals surface area (Å²) < 4.78 is 34.1. The Morgan fingerprint density at radius 1 is 1.12 bits per heavy atom. The number of aromatic amines is 1. The molecule has 1 saturated carbocycles. The molecule has 12 heteroatoms. The van der Waals surface area contributed by atoms with Crippen molar-refractivity contribution in [2.24, 2.45) is 12.5 Å². The van der Waals surface area contributed by atoms with Gasteiger partial charge in [0.2, 0.25) is 5.82 Å². The highest BCUT2D eigenvalue weighted by Crippen LogP contribution is 2.65. The van der Waals surface area contributed by atoms with Gasteiger partial charge in [0.1, 0.15) is 22.9 Å². The molecule has 2 atom stereocenters. The van der Waals surface area contributed by atoms with Crippen molar-refractivity contribution in [3.63, 3.8) is 0 Å². The molecule has 1 saturated heterocycles. The second kappa shape index (κ2) is 8.91. The molecule has 3 aromatic heterocycles. The molecule has 2 aromatic carbocycles. The number of H-pyrrole nitrogens is 1. The number of anilines is 1. The number of rotatable bonds is 4. The fourth-order valence-corrected chi connectivity index (χ4v) is 6.75. The molecule has 0 amide bonds. The summed E-state index contributed by atoms with van der Waals surface area (Å²) in [6.45, 7) is 3.37. The third-order valence-corrected chi connectivity index (χ3v) is 9.18. The third kappa shape index (κ3) is 3.91. The smallest absolute Gasteiger partial charge is 0.439 e. The molecular formula is C31H26FN7O4. The van der Waals surface area contributed by atoms with Crippen LogP contribution in [0.4, 0.5) is 10.1 Å². The largest absolute Gasteiger partial charge is 0.444 e. The summed E-state index contributed by atoms with van der Waals surface area (Å²) in [6, 6.07) is 15.7. The zero-order valence-electron chi connectivity index (χ0n) is 23.4. The van der Waals surface area contributed by atoms with Gasteiger partial charge in [-0.2, -0.15) is 5.26 Å². The van der Waals surface area contributed by atoms with Crippen LogP contribution in [0, 0.1) is 22.6 Å². The van der Waals surface area contributed by atoms with E-state index >= 15 is 0 Å². The molecule has 1 N–H and O–H groups in total. The van der Waals surface area contributed by atoms with E-state index in [4.69, 9.17) is 24.7 Å². The van der Waals surface area contributed by atoms with Crippen molar-refractivity contribution in [3.8, 4) is 29.1 Å². The normalized spacial score (nSPS) is 21.8. The summed E-state index contributed by atoms with van der Waals surface area (Å²) in [6.07, 6.45) is 3.04. The quantitative estimate of drug-likeness (QED) is 0.320. The summed E-state index contributed by atoms with van der Waals surface area (Å²) >= 11 is 0. The number of pyridine rings is 1. The molecule has 2 fully saturated rings. The van der Waals surface area contributed by atoms with Gasteiger partial charge < -0.3 is 18.9 Å². The summed E-state index contributed by atoms with van der Waals surface area (Å²) in [4.78, 5) is 25.9. The van der Waals surface area contributed by atoms with E-state index < -0.39 is 17.4 Å². The maximum absolute atomic E-state index is 14.9. The van der Waals surface area contributed by atoms with Gasteiger partial charge in [0, 0.05) is 33.0 Å². The van der Waals surface area contributed by atoms with Gasteiger partial charge in [0.25, 0.3) is 5.79 Å². The Morgan fingerprint density at radius 3 is 2.70 bits per heavy atom. The van der Waals surface area contributed by atoms with Crippen LogP contribution in [0.1, 0.15) is 49.1 Å². The Kier molecular flexibility index (Phi) is 5.29. The number of halogens is 1. The Balaban J connectivity index is 1.00. The minimum absolute atomic E-state index is 0.168. The van der Waals surface area contributed by atoms with Crippen molar-refractivity contribution < 1.29 is 18.4 Å². The molecule has 11 nitrogen and oxygen atoms in total. The molecule has 0 radical (unpaired) electrons. The first-order valence-electron chi connectivity index (χ1n) is 14.1. The zero-order chi connectivity index (χ0) is 29.5. The highest BCUT2D eigenvalue weighted by molar-refractivity contribution is 5.75. The minimum atomic E-state index is -1.34. The molecule has 1 unspecified atom stereocenters. The fraction of sp³-hybridized carbons (Fsp3) is 0.323. The Labute approximate surface area is 244 Å². The SMILES string of the molecule is Cn1c([C@@H]2CC23CCN(c2cccc4c2OC(C)(c2ccc(C#N)cc2F)O4)CC3)nc2ccc(-c3noc(=O)[nH]3)nc21. The number of nitriles is 1. The molecule has 43 heavy (non-hydrogen) atoms. The number of hydrogen-bond donors (Lipinski definition) is 1. The van der Waals surface area contributed by atoms with Crippen LogP contribution in [-0.2, 0) is 12.8 Å². The van der Waals surface area contributed by atoms with Gasteiger partial charge >= 0.3 is 5.76 Å². The first kappa shape index (κ1) is 25.5. The van der Waals surface area contributed by atoms with Gasteiger partial charge in [-0.25, -0.2) is 19.2 Å². The molecule has 0 bridgehead atoms. The predicted molar refractivity (Wildman–Crippen MR) is 152 cm³/mol. The van der Waals surface area contributed by atoms with Crippen molar-refractivity contribution in [2.45, 2.75) is 37.9 Å². The molecular weight excluding hydrogens is 553 g/mol. The van der Waals surface area contributed by atoms with E-state index in [0.29, 0.717) is 23.1 Å². The van der Waals surface area contributed by atoms with E-state index in [1.165, 1.54) is 6.07 Å². The van der Waals surface area contributed by atoms with Crippen LogP contribution in [0.5, 0.6) is 11.5 Å². The van der Waals surface area contributed by atoms with Crippen LogP contribution in [-0.4, -0.2) is 37.8 Å². The lowest BCUT2D eigenvalue weighted by Crippen LogP contribution is -2.36. The van der Waals surface area contributed by atoms with Crippen LogP contribution >= 0.6 is 0 Å². The van der Waals surface area contributed by atoms with Gasteiger partial charge in [0.15, 0.2) is 17.1 Å². The molecule has 3 aliphatic rings. The topological polar surface area (TPSA) is 135 Å². The first-order chi connectivity index (χ1) is 20.8. The summed E-state index contributed by atoms with van der Waals surface area (Å²) in [7, 11) is 1.98. The zero-order valence-corrected chi connectivity index (χ0v) is 23.4. The van der Waals surface area contributed by atoms with Gasteiger partial charge in [-0.15, -0.1) is 0 Å². The summed E-state index contributed by atoms with van der Waals surface area (Å²) in [5.74, 6) is 0.282. The molecule has 1 aliphatic carbocycles. The summed E-state index contributed by atoms with van der Waals surface area (Å²) in [5, 5.41) is 12.9. The highest BCUT2D eigenvalue weighted by Gasteiger charge is 2.57. The van der Waals surface area contributed by atoms with Gasteiger partial charge in [-0.3, -0.25) is 9.51 Å². The maximum Gasteiger partial charge on any atom is 0.439 e. The van der Waals surface area contributed by atoms with Gasteiger partial charge in [0.05, 0.1) is 22.9 Å². The van der Waals surface area contributed by atoms with Crippen molar-refractivity contribution in [3.05, 3.63) is 81.9 Å². The number of benzene rings is 2. The second-order valence-corrected chi connectivity index (χ2v) is 11.7. The van der Waals surface area contributed by atoms with E-state index in [9.17, 15) is 9.18 Å². The number of piperidine rings is 1. The number of fused-ring (bicyclic) bond motifs is 2. The Bertz CT molecular complexity index is 2030. The minimum Gasteiger partial charge on any atom is -0.444 e. The van der Waals surface area contributed by atoms with E-state index in [2.05, 4.69) is 19.6 Å². The molecule has 5 aromatic rings. The highest BCUT2D eigenvalue weighted by atomic mass is 19.1. The number of aryl methyl sites for hydroxylation is 1. The van der Waals surface area contributed by atoms with Crippen LogP contribution in [0.3, 0.4) is 0 Å². The van der Waals surface area contributed by atoms with E-state index in [1.807, 2.05) is 41.9 Å². The monoisotopic (exact) mass is 579 g/mol. The Morgan fingerprint density at radius 2 is 1.95 bits per heavy atom. The van der Waals surface area contributed by atoms with Crippen molar-refractivity contribution in [1.29, 1.82) is 5.26 Å². The predicted octanol–water partition coefficient (Wildman–Crippen LogP) is 4.74. The number of nitrogens with zero attached hydrogens (tertiary/aromatic N) is 6. The average molecular weight is 580 g/mol. The molecule has 8 rings (SSSR count). The molecule has 5 heterocycles. The molecule has 2 aliphatic heterocycles. The third-order valence-electron chi connectivity index (χ3n) is 9.18. The standard InChI is InChI=1S/C31H26FN7O4/c1-30(18-7-6-17(16-33)14-20(18)32)41-24-5-3-4-23(25(24)42-30)39-12-10-31(11-13-39)15-19(31)27-35-22-9-8-21(34-28(22)38(27)2)26-36-29(40)43-37-26/h3-9,14,19H,10-13,15H2,1-2H3,(H,36,37,40)/t19-,30?/m0/s1. The van der Waals surface area contributed by atoms with Crippen molar-refractivity contribution in [2.75, 3.05) is 18.0 Å². The van der Waals surface area contributed by atoms with E-state index in [1.54, 1.807) is 25.1 Å². The summed E-state index contributed by atoms with van der Waals surface area (Å²) in [5.41, 5.74) is 3.62. The maximum atomic E-state index is 14.9. The fourth-order valence-electron chi connectivity index (χ4n) is 6.75. The van der Waals surface area contributed by atoms with E-state index in [-0.39, 0.29) is 22.4 Å². The number of imidazole rings is 1.